The van der Waals surface area contributed by atoms with Gasteiger partial charge in [-0.2, -0.15) is 5.26 Å². The third kappa shape index (κ3) is 2.47. The van der Waals surface area contributed by atoms with Crippen LogP contribution in [0.2, 0.25) is 0 Å². The third-order valence-corrected chi connectivity index (χ3v) is 6.73. The Balaban J connectivity index is 1.39. The predicted molar refractivity (Wildman–Crippen MR) is 80.1 cm³/mol. The molecule has 5 rings (SSSR count). The fourth-order valence-corrected chi connectivity index (χ4v) is 6.39. The summed E-state index contributed by atoms with van der Waals surface area (Å²) in [6.07, 6.45) is 11.9. The van der Waals surface area contributed by atoms with Gasteiger partial charge in [-0.25, -0.2) is 0 Å². The van der Waals surface area contributed by atoms with Gasteiger partial charge in [0.1, 0.15) is 0 Å². The van der Waals surface area contributed by atoms with Gasteiger partial charge in [0.05, 0.1) is 12.0 Å². The van der Waals surface area contributed by atoms with Gasteiger partial charge in [-0.15, -0.1) is 0 Å². The molecule has 0 heterocycles. The van der Waals surface area contributed by atoms with Gasteiger partial charge in [0.25, 0.3) is 0 Å². The molecule has 0 spiro atoms. The fraction of sp³-hybridized carbons (Fsp3) is 0.889. The fourth-order valence-electron chi connectivity index (χ4n) is 6.39. The molecule has 0 aliphatic heterocycles. The van der Waals surface area contributed by atoms with Gasteiger partial charge in [0.2, 0.25) is 5.91 Å². The van der Waals surface area contributed by atoms with Crippen LogP contribution in [0.15, 0.2) is 0 Å². The van der Waals surface area contributed by atoms with Crippen LogP contribution in [0.1, 0.15) is 64.2 Å². The number of carbonyl (C=O) groups excluding carboxylic acids is 1. The predicted octanol–water partition coefficient (Wildman–Crippen LogP) is 3.40. The minimum absolute atomic E-state index is 0.0466. The van der Waals surface area contributed by atoms with Crippen LogP contribution in [0.4, 0.5) is 0 Å². The molecule has 2 unspecified atom stereocenters. The molecule has 114 valence electrons. The van der Waals surface area contributed by atoms with E-state index in [1.54, 1.807) is 0 Å². The lowest BCUT2D eigenvalue weighted by molar-refractivity contribution is -0.130. The van der Waals surface area contributed by atoms with Crippen molar-refractivity contribution in [2.24, 2.45) is 29.1 Å². The first-order valence-electron chi connectivity index (χ1n) is 8.85. The van der Waals surface area contributed by atoms with E-state index in [1.807, 2.05) is 0 Å². The van der Waals surface area contributed by atoms with E-state index in [-0.39, 0.29) is 17.9 Å². The molecule has 0 aromatic carbocycles. The normalized spacial score (nSPS) is 47.3. The Kier molecular flexibility index (Phi) is 3.24. The van der Waals surface area contributed by atoms with Gasteiger partial charge in [-0.05, 0) is 81.0 Å². The Hall–Kier alpha value is -1.04. The summed E-state index contributed by atoms with van der Waals surface area (Å²) in [6, 6.07) is 2.49. The maximum atomic E-state index is 12.5. The zero-order valence-corrected chi connectivity index (χ0v) is 12.8. The second-order valence-corrected chi connectivity index (χ2v) is 8.43. The summed E-state index contributed by atoms with van der Waals surface area (Å²) in [6.45, 7) is 0. The first-order chi connectivity index (χ1) is 10.2. The van der Waals surface area contributed by atoms with Gasteiger partial charge < -0.3 is 5.32 Å². The molecule has 0 saturated heterocycles. The van der Waals surface area contributed by atoms with Crippen LogP contribution >= 0.6 is 0 Å². The minimum Gasteiger partial charge on any atom is -0.352 e. The van der Waals surface area contributed by atoms with Gasteiger partial charge in [-0.3, -0.25) is 4.79 Å². The Morgan fingerprint density at radius 1 is 1.10 bits per heavy atom. The summed E-state index contributed by atoms with van der Waals surface area (Å²) in [4.78, 5) is 12.5. The van der Waals surface area contributed by atoms with Gasteiger partial charge in [0.15, 0.2) is 0 Å². The van der Waals surface area contributed by atoms with Crippen LogP contribution < -0.4 is 5.32 Å². The molecule has 5 fully saturated rings. The molecule has 0 aromatic heterocycles. The number of amides is 1. The Morgan fingerprint density at radius 2 is 1.71 bits per heavy atom. The van der Waals surface area contributed by atoms with Crippen molar-refractivity contribution in [3.63, 3.8) is 0 Å². The highest BCUT2D eigenvalue weighted by atomic mass is 16.1. The van der Waals surface area contributed by atoms with E-state index in [4.69, 9.17) is 5.26 Å². The largest absolute Gasteiger partial charge is 0.352 e. The molecule has 21 heavy (non-hydrogen) atoms. The van der Waals surface area contributed by atoms with E-state index in [0.29, 0.717) is 5.41 Å². The summed E-state index contributed by atoms with van der Waals surface area (Å²) in [5.74, 6) is 2.99. The smallest absolute Gasteiger partial charge is 0.220 e. The number of nitrogens with one attached hydrogen (secondary N) is 1. The molecule has 1 amide bonds. The van der Waals surface area contributed by atoms with Crippen molar-refractivity contribution in [2.75, 3.05) is 0 Å². The molecule has 3 nitrogen and oxygen atoms in total. The number of hydrogen-bond donors (Lipinski definition) is 1. The Bertz CT molecular complexity index is 443. The number of carbonyl (C=O) groups is 1. The average molecular weight is 286 g/mol. The summed E-state index contributed by atoms with van der Waals surface area (Å²) in [5.41, 5.74) is 0.319. The van der Waals surface area contributed by atoms with Crippen molar-refractivity contribution in [3.8, 4) is 6.07 Å². The highest BCUT2D eigenvalue weighted by Crippen LogP contribution is 2.61. The molecular weight excluding hydrogens is 260 g/mol. The lowest BCUT2D eigenvalue weighted by atomic mass is 9.49. The van der Waals surface area contributed by atoms with Crippen molar-refractivity contribution in [3.05, 3.63) is 0 Å². The summed E-state index contributed by atoms with van der Waals surface area (Å²) in [7, 11) is 0. The summed E-state index contributed by atoms with van der Waals surface area (Å²) >= 11 is 0. The standard InChI is InChI=1S/C18H26N2O/c19-11-15-2-1-3-16(15)20-17(21)10-18-7-12-4-13(8-18)6-14(5-12)9-18/h12-16H,1-10H2,(H,20,21). The van der Waals surface area contributed by atoms with Crippen LogP contribution in [0.25, 0.3) is 0 Å². The molecule has 3 heteroatoms. The molecule has 2 atom stereocenters. The highest BCUT2D eigenvalue weighted by Gasteiger charge is 2.51. The first kappa shape index (κ1) is 13.6. The van der Waals surface area contributed by atoms with Crippen LogP contribution in [0.5, 0.6) is 0 Å². The van der Waals surface area contributed by atoms with Gasteiger partial charge in [0, 0.05) is 12.5 Å². The lowest BCUT2D eigenvalue weighted by Gasteiger charge is -2.56. The second kappa shape index (κ2) is 5.00. The number of hydrogen-bond acceptors (Lipinski definition) is 2. The van der Waals surface area contributed by atoms with Crippen LogP contribution in [-0.4, -0.2) is 11.9 Å². The lowest BCUT2D eigenvalue weighted by Crippen LogP contribution is -2.49. The molecule has 5 aliphatic carbocycles. The van der Waals surface area contributed by atoms with Crippen molar-refractivity contribution >= 4 is 5.91 Å². The number of rotatable bonds is 3. The van der Waals surface area contributed by atoms with E-state index < -0.39 is 0 Å². The van der Waals surface area contributed by atoms with E-state index in [1.165, 1.54) is 38.5 Å². The number of nitriles is 1. The zero-order chi connectivity index (χ0) is 14.4. The summed E-state index contributed by atoms with van der Waals surface area (Å²) in [5, 5.41) is 12.3. The topological polar surface area (TPSA) is 52.9 Å². The first-order valence-corrected chi connectivity index (χ1v) is 8.85. The van der Waals surface area contributed by atoms with Crippen molar-refractivity contribution in [1.29, 1.82) is 5.26 Å². The maximum Gasteiger partial charge on any atom is 0.220 e. The van der Waals surface area contributed by atoms with E-state index in [0.717, 1.165) is 43.4 Å². The van der Waals surface area contributed by atoms with Crippen LogP contribution in [-0.2, 0) is 4.79 Å². The molecule has 5 saturated carbocycles. The van der Waals surface area contributed by atoms with Gasteiger partial charge >= 0.3 is 0 Å². The zero-order valence-electron chi connectivity index (χ0n) is 12.8. The van der Waals surface area contributed by atoms with Crippen LogP contribution in [0.3, 0.4) is 0 Å². The monoisotopic (exact) mass is 286 g/mol. The van der Waals surface area contributed by atoms with E-state index in [9.17, 15) is 4.79 Å². The Labute approximate surface area is 127 Å². The van der Waals surface area contributed by atoms with Crippen molar-refractivity contribution in [1.82, 2.24) is 5.32 Å². The highest BCUT2D eigenvalue weighted by molar-refractivity contribution is 5.77. The van der Waals surface area contributed by atoms with Crippen molar-refractivity contribution < 1.29 is 4.79 Å². The molecule has 1 N–H and O–H groups in total. The molecule has 0 aromatic rings. The van der Waals surface area contributed by atoms with Gasteiger partial charge in [-0.1, -0.05) is 0 Å². The average Bonchev–Trinajstić information content (AvgIpc) is 2.83. The second-order valence-electron chi connectivity index (χ2n) is 8.43. The Morgan fingerprint density at radius 3 is 2.29 bits per heavy atom. The SMILES string of the molecule is N#CC1CCCC1NC(=O)CC12CC3CC(CC(C3)C1)C2. The third-order valence-electron chi connectivity index (χ3n) is 6.73. The minimum atomic E-state index is 0.0466. The van der Waals surface area contributed by atoms with E-state index in [2.05, 4.69) is 11.4 Å². The van der Waals surface area contributed by atoms with Crippen LogP contribution in [0, 0.1) is 40.4 Å². The molecular formula is C18H26N2O. The molecule has 4 bridgehead atoms. The maximum absolute atomic E-state index is 12.5. The van der Waals surface area contributed by atoms with Crippen molar-refractivity contribution in [2.45, 2.75) is 70.3 Å². The summed E-state index contributed by atoms with van der Waals surface area (Å²) < 4.78 is 0. The number of nitrogens with zero attached hydrogens (tertiary/aromatic N) is 1. The quantitative estimate of drug-likeness (QED) is 0.864. The molecule has 5 aliphatic rings. The van der Waals surface area contributed by atoms with E-state index >= 15 is 0 Å². The molecule has 0 radical (unpaired) electrons.